The SMILES string of the molecule is CCN(CC(=O)N1CCc2cc(S(N)(=O)=O)ccc21)Cc1cccs1. The van der Waals surface area contributed by atoms with E-state index in [4.69, 9.17) is 5.14 Å². The van der Waals surface area contributed by atoms with Gasteiger partial charge in [0, 0.05) is 23.7 Å². The minimum atomic E-state index is -3.72. The summed E-state index contributed by atoms with van der Waals surface area (Å²) in [6.45, 7) is 4.49. The van der Waals surface area contributed by atoms with Gasteiger partial charge in [-0.3, -0.25) is 9.69 Å². The predicted octanol–water partition coefficient (Wildman–Crippen LogP) is 1.81. The molecule has 0 unspecified atom stereocenters. The summed E-state index contributed by atoms with van der Waals surface area (Å²) in [5, 5.41) is 7.21. The number of nitrogens with two attached hydrogens (primary N) is 1. The van der Waals surface area contributed by atoms with Gasteiger partial charge < -0.3 is 4.90 Å². The maximum atomic E-state index is 12.7. The van der Waals surface area contributed by atoms with E-state index in [-0.39, 0.29) is 10.8 Å². The van der Waals surface area contributed by atoms with Gasteiger partial charge >= 0.3 is 0 Å². The molecular weight excluding hydrogens is 358 g/mol. The van der Waals surface area contributed by atoms with Crippen LogP contribution in [-0.2, 0) is 27.8 Å². The zero-order valence-electron chi connectivity index (χ0n) is 14.0. The summed E-state index contributed by atoms with van der Waals surface area (Å²) < 4.78 is 23.0. The molecular formula is C17H21N3O3S2. The van der Waals surface area contributed by atoms with Crippen LogP contribution < -0.4 is 10.0 Å². The molecule has 134 valence electrons. The van der Waals surface area contributed by atoms with Crippen LogP contribution in [0.5, 0.6) is 0 Å². The minimum Gasteiger partial charge on any atom is -0.311 e. The lowest BCUT2D eigenvalue weighted by Gasteiger charge is -2.24. The Morgan fingerprint density at radius 2 is 2.16 bits per heavy atom. The van der Waals surface area contributed by atoms with Crippen molar-refractivity contribution in [1.82, 2.24) is 4.90 Å². The molecule has 8 heteroatoms. The highest BCUT2D eigenvalue weighted by Gasteiger charge is 2.27. The van der Waals surface area contributed by atoms with Gasteiger partial charge in [-0.05, 0) is 48.2 Å². The molecule has 0 aliphatic carbocycles. The van der Waals surface area contributed by atoms with E-state index in [2.05, 4.69) is 11.0 Å². The van der Waals surface area contributed by atoms with Crippen molar-refractivity contribution in [3.63, 3.8) is 0 Å². The molecule has 1 aromatic carbocycles. The molecule has 3 rings (SSSR count). The van der Waals surface area contributed by atoms with Crippen LogP contribution in [0.1, 0.15) is 17.4 Å². The molecule has 25 heavy (non-hydrogen) atoms. The number of fused-ring (bicyclic) bond motifs is 1. The van der Waals surface area contributed by atoms with Crippen LogP contribution in [0.2, 0.25) is 0 Å². The Labute approximate surface area is 151 Å². The predicted molar refractivity (Wildman–Crippen MR) is 99.1 cm³/mol. The lowest BCUT2D eigenvalue weighted by atomic mass is 10.2. The molecule has 6 nitrogen and oxygen atoms in total. The second-order valence-corrected chi connectivity index (χ2v) is 8.61. The number of hydrogen-bond acceptors (Lipinski definition) is 5. The van der Waals surface area contributed by atoms with Crippen LogP contribution in [0.15, 0.2) is 40.6 Å². The zero-order chi connectivity index (χ0) is 18.0. The Balaban J connectivity index is 1.72. The minimum absolute atomic E-state index is 0.0283. The number of primary sulfonamides is 1. The Morgan fingerprint density at radius 3 is 2.80 bits per heavy atom. The zero-order valence-corrected chi connectivity index (χ0v) is 15.6. The fraction of sp³-hybridized carbons (Fsp3) is 0.353. The van der Waals surface area contributed by atoms with Gasteiger partial charge in [0.15, 0.2) is 0 Å². The molecule has 2 N–H and O–H groups in total. The number of carbonyl (C=O) groups is 1. The first kappa shape index (κ1) is 18.1. The highest BCUT2D eigenvalue weighted by atomic mass is 32.2. The largest absolute Gasteiger partial charge is 0.311 e. The lowest BCUT2D eigenvalue weighted by Crippen LogP contribution is -2.39. The first-order valence-corrected chi connectivity index (χ1v) is 10.5. The number of benzene rings is 1. The molecule has 2 aromatic rings. The number of thiophene rings is 1. The summed E-state index contributed by atoms with van der Waals surface area (Å²) in [7, 11) is -3.72. The van der Waals surface area contributed by atoms with Crippen LogP contribution in [0.4, 0.5) is 5.69 Å². The Morgan fingerprint density at radius 1 is 1.36 bits per heavy atom. The molecule has 1 aliphatic heterocycles. The van der Waals surface area contributed by atoms with E-state index in [1.807, 2.05) is 18.4 Å². The van der Waals surface area contributed by atoms with Crippen molar-refractivity contribution in [3.05, 3.63) is 46.2 Å². The highest BCUT2D eigenvalue weighted by molar-refractivity contribution is 7.89. The van der Waals surface area contributed by atoms with Crippen molar-refractivity contribution in [2.75, 3.05) is 24.5 Å². The first-order valence-electron chi connectivity index (χ1n) is 8.09. The molecule has 0 spiro atoms. The number of rotatable bonds is 6. The van der Waals surface area contributed by atoms with E-state index in [1.165, 1.54) is 10.9 Å². The van der Waals surface area contributed by atoms with Crippen LogP contribution >= 0.6 is 11.3 Å². The van der Waals surface area contributed by atoms with Crippen LogP contribution in [-0.4, -0.2) is 38.9 Å². The van der Waals surface area contributed by atoms with Gasteiger partial charge in [-0.2, -0.15) is 0 Å². The normalized spacial score (nSPS) is 14.1. The average molecular weight is 380 g/mol. The summed E-state index contributed by atoms with van der Waals surface area (Å²) in [6.07, 6.45) is 0.640. The van der Waals surface area contributed by atoms with E-state index in [9.17, 15) is 13.2 Å². The summed E-state index contributed by atoms with van der Waals surface area (Å²) in [6, 6.07) is 8.78. The van der Waals surface area contributed by atoms with Crippen molar-refractivity contribution in [1.29, 1.82) is 0 Å². The number of anilines is 1. The number of likely N-dealkylation sites (N-methyl/N-ethyl adjacent to an activating group) is 1. The van der Waals surface area contributed by atoms with E-state index < -0.39 is 10.0 Å². The van der Waals surface area contributed by atoms with Gasteiger partial charge in [-0.25, -0.2) is 13.6 Å². The Hall–Kier alpha value is -1.74. The number of carbonyl (C=O) groups excluding carboxylic acids is 1. The number of nitrogens with zero attached hydrogens (tertiary/aromatic N) is 2. The molecule has 1 aliphatic rings. The van der Waals surface area contributed by atoms with Crippen molar-refractivity contribution in [2.45, 2.75) is 24.8 Å². The fourth-order valence-corrected chi connectivity index (χ4v) is 4.30. The third kappa shape index (κ3) is 4.09. The smallest absolute Gasteiger partial charge is 0.241 e. The summed E-state index contributed by atoms with van der Waals surface area (Å²) in [5.74, 6) is 0.0283. The average Bonchev–Trinajstić information content (AvgIpc) is 3.21. The maximum Gasteiger partial charge on any atom is 0.241 e. The fourth-order valence-electron chi connectivity index (χ4n) is 2.99. The maximum absolute atomic E-state index is 12.7. The molecule has 2 heterocycles. The van der Waals surface area contributed by atoms with Crippen LogP contribution in [0.3, 0.4) is 0 Å². The first-order chi connectivity index (χ1) is 11.9. The number of amides is 1. The van der Waals surface area contributed by atoms with E-state index in [0.29, 0.717) is 19.5 Å². The van der Waals surface area contributed by atoms with E-state index >= 15 is 0 Å². The van der Waals surface area contributed by atoms with Crippen molar-refractivity contribution >= 4 is 33.0 Å². The lowest BCUT2D eigenvalue weighted by molar-refractivity contribution is -0.119. The molecule has 0 bridgehead atoms. The number of hydrogen-bond donors (Lipinski definition) is 1. The standard InChI is InChI=1S/C17H21N3O3S2/c1-2-19(11-14-4-3-9-24-14)12-17(21)20-8-7-13-10-15(25(18,22)23)5-6-16(13)20/h3-6,9-10H,2,7-8,11-12H2,1H3,(H2,18,22,23). The Kier molecular flexibility index (Phi) is 5.24. The van der Waals surface area contributed by atoms with Gasteiger partial charge in [0.25, 0.3) is 0 Å². The third-order valence-electron chi connectivity index (χ3n) is 4.34. The Bertz CT molecular complexity index is 863. The van der Waals surface area contributed by atoms with Gasteiger partial charge in [-0.1, -0.05) is 13.0 Å². The monoisotopic (exact) mass is 379 g/mol. The quantitative estimate of drug-likeness (QED) is 0.830. The molecule has 0 saturated carbocycles. The number of sulfonamides is 1. The summed E-state index contributed by atoms with van der Waals surface area (Å²) in [5.41, 5.74) is 1.63. The highest BCUT2D eigenvalue weighted by Crippen LogP contribution is 2.30. The third-order valence-corrected chi connectivity index (χ3v) is 6.11. The molecule has 0 fully saturated rings. The van der Waals surface area contributed by atoms with E-state index in [0.717, 1.165) is 24.3 Å². The molecule has 0 saturated heterocycles. The topological polar surface area (TPSA) is 83.7 Å². The summed E-state index contributed by atoms with van der Waals surface area (Å²) in [4.78, 5) is 17.9. The van der Waals surface area contributed by atoms with Crippen molar-refractivity contribution < 1.29 is 13.2 Å². The second-order valence-electron chi connectivity index (χ2n) is 6.01. The van der Waals surface area contributed by atoms with Gasteiger partial charge in [0.1, 0.15) is 0 Å². The molecule has 0 radical (unpaired) electrons. The van der Waals surface area contributed by atoms with Gasteiger partial charge in [0.05, 0.1) is 11.4 Å². The van der Waals surface area contributed by atoms with Crippen molar-refractivity contribution in [2.24, 2.45) is 5.14 Å². The van der Waals surface area contributed by atoms with Crippen molar-refractivity contribution in [3.8, 4) is 0 Å². The van der Waals surface area contributed by atoms with Gasteiger partial charge in [-0.15, -0.1) is 11.3 Å². The van der Waals surface area contributed by atoms with Crippen LogP contribution in [0, 0.1) is 0 Å². The summed E-state index contributed by atoms with van der Waals surface area (Å²) >= 11 is 1.68. The molecule has 0 atom stereocenters. The second kappa shape index (κ2) is 7.25. The molecule has 1 aromatic heterocycles. The van der Waals surface area contributed by atoms with Gasteiger partial charge in [0.2, 0.25) is 15.9 Å². The molecule has 1 amide bonds. The van der Waals surface area contributed by atoms with E-state index in [1.54, 1.807) is 28.4 Å². The van der Waals surface area contributed by atoms with Crippen LogP contribution in [0.25, 0.3) is 0 Å².